The largest absolute Gasteiger partial charge is 0.397 e. The van der Waals surface area contributed by atoms with Gasteiger partial charge >= 0.3 is 0 Å². The van der Waals surface area contributed by atoms with E-state index in [4.69, 9.17) is 5.73 Å². The van der Waals surface area contributed by atoms with Gasteiger partial charge in [0.05, 0.1) is 5.69 Å². The molecule has 76 valence electrons. The number of anilines is 1. The number of hydrogen-bond acceptors (Lipinski definition) is 3. The Labute approximate surface area is 101 Å². The second-order valence-corrected chi connectivity index (χ2v) is 4.82. The summed E-state index contributed by atoms with van der Waals surface area (Å²) in [5.74, 6) is 0. The fraction of sp³-hybridized carbons (Fsp3) is 0. The first-order valence-electron chi connectivity index (χ1n) is 4.40. The van der Waals surface area contributed by atoms with Gasteiger partial charge in [0.25, 0.3) is 0 Å². The average Bonchev–Trinajstić information content (AvgIpc) is 2.24. The van der Waals surface area contributed by atoms with Crippen LogP contribution in [0.4, 0.5) is 5.69 Å². The van der Waals surface area contributed by atoms with E-state index < -0.39 is 0 Å². The lowest BCUT2D eigenvalue weighted by molar-refractivity contribution is 1.14. The average molecular weight is 281 g/mol. The Morgan fingerprint density at radius 2 is 1.93 bits per heavy atom. The van der Waals surface area contributed by atoms with Crippen molar-refractivity contribution in [1.29, 1.82) is 0 Å². The number of nitrogens with zero attached hydrogens (tertiary/aromatic N) is 1. The van der Waals surface area contributed by atoms with Crippen molar-refractivity contribution in [1.82, 2.24) is 4.98 Å². The molecule has 0 aliphatic carbocycles. The van der Waals surface area contributed by atoms with Crippen molar-refractivity contribution < 1.29 is 0 Å². The van der Waals surface area contributed by atoms with Gasteiger partial charge in [0.15, 0.2) is 0 Å². The second-order valence-electron chi connectivity index (χ2n) is 2.93. The molecule has 15 heavy (non-hydrogen) atoms. The number of rotatable bonds is 2. The quantitative estimate of drug-likeness (QED) is 0.914. The van der Waals surface area contributed by atoms with Crippen LogP contribution in [-0.4, -0.2) is 4.98 Å². The summed E-state index contributed by atoms with van der Waals surface area (Å²) in [6, 6.07) is 11.7. The fourth-order valence-corrected chi connectivity index (χ4v) is 2.47. The van der Waals surface area contributed by atoms with Gasteiger partial charge in [-0.1, -0.05) is 23.9 Å². The van der Waals surface area contributed by atoms with E-state index in [0.717, 1.165) is 14.4 Å². The van der Waals surface area contributed by atoms with E-state index in [2.05, 4.69) is 20.9 Å². The van der Waals surface area contributed by atoms with E-state index in [1.165, 1.54) is 0 Å². The van der Waals surface area contributed by atoms with Crippen molar-refractivity contribution in [2.45, 2.75) is 9.92 Å². The van der Waals surface area contributed by atoms with E-state index in [-0.39, 0.29) is 0 Å². The lowest BCUT2D eigenvalue weighted by Gasteiger charge is -2.05. The smallest absolute Gasteiger partial charge is 0.124 e. The number of hydrogen-bond donors (Lipinski definition) is 1. The van der Waals surface area contributed by atoms with E-state index in [0.29, 0.717) is 5.69 Å². The van der Waals surface area contributed by atoms with Crippen LogP contribution < -0.4 is 5.73 Å². The molecule has 2 N–H and O–H groups in total. The number of aromatic nitrogens is 1. The molecular formula is C11H9BrN2S. The molecule has 2 rings (SSSR count). The summed E-state index contributed by atoms with van der Waals surface area (Å²) in [5, 5.41) is 0.837. The van der Waals surface area contributed by atoms with Gasteiger partial charge < -0.3 is 5.73 Å². The molecule has 1 aromatic heterocycles. The first-order valence-corrected chi connectivity index (χ1v) is 6.01. The monoisotopic (exact) mass is 280 g/mol. The molecular weight excluding hydrogens is 272 g/mol. The van der Waals surface area contributed by atoms with Crippen molar-refractivity contribution in [3.05, 3.63) is 47.1 Å². The number of nitrogen functional groups attached to an aromatic ring is 1. The summed E-state index contributed by atoms with van der Waals surface area (Å²) in [6.07, 6.45) is 1.75. The Kier molecular flexibility index (Phi) is 3.28. The number of pyridine rings is 1. The van der Waals surface area contributed by atoms with Gasteiger partial charge in [0.2, 0.25) is 0 Å². The van der Waals surface area contributed by atoms with Crippen LogP contribution in [0.5, 0.6) is 0 Å². The van der Waals surface area contributed by atoms with Crippen molar-refractivity contribution in [2.24, 2.45) is 0 Å². The van der Waals surface area contributed by atoms with Crippen LogP contribution in [0.15, 0.2) is 57.0 Å². The first kappa shape index (κ1) is 10.5. The van der Waals surface area contributed by atoms with Gasteiger partial charge in [0, 0.05) is 15.6 Å². The minimum absolute atomic E-state index is 0.707. The van der Waals surface area contributed by atoms with Gasteiger partial charge in [-0.25, -0.2) is 4.98 Å². The maximum Gasteiger partial charge on any atom is 0.124 e. The Hall–Kier alpha value is -1.00. The Bertz CT molecular complexity index is 430. The molecule has 2 nitrogen and oxygen atoms in total. The van der Waals surface area contributed by atoms with Crippen molar-refractivity contribution in [3.8, 4) is 0 Å². The number of benzene rings is 1. The zero-order valence-corrected chi connectivity index (χ0v) is 10.3. The molecule has 0 aliphatic rings. The summed E-state index contributed by atoms with van der Waals surface area (Å²) in [6.45, 7) is 0. The first-order chi connectivity index (χ1) is 7.27. The van der Waals surface area contributed by atoms with Crippen LogP contribution in [-0.2, 0) is 0 Å². The van der Waals surface area contributed by atoms with Crippen LogP contribution in [0, 0.1) is 0 Å². The summed E-state index contributed by atoms with van der Waals surface area (Å²) < 4.78 is 1.06. The summed E-state index contributed by atoms with van der Waals surface area (Å²) in [4.78, 5) is 5.35. The van der Waals surface area contributed by atoms with E-state index in [1.807, 2.05) is 36.4 Å². The zero-order chi connectivity index (χ0) is 10.7. The van der Waals surface area contributed by atoms with Crippen LogP contribution in [0.2, 0.25) is 0 Å². The molecule has 0 radical (unpaired) electrons. The van der Waals surface area contributed by atoms with Crippen LogP contribution in [0.3, 0.4) is 0 Å². The molecule has 0 saturated heterocycles. The van der Waals surface area contributed by atoms with Crippen LogP contribution in [0.1, 0.15) is 0 Å². The van der Waals surface area contributed by atoms with Gasteiger partial charge in [-0.2, -0.15) is 0 Å². The summed E-state index contributed by atoms with van der Waals surface area (Å²) in [7, 11) is 0. The minimum atomic E-state index is 0.707. The molecule has 0 atom stereocenters. The van der Waals surface area contributed by atoms with E-state index >= 15 is 0 Å². The molecule has 0 aliphatic heterocycles. The van der Waals surface area contributed by atoms with Crippen LogP contribution >= 0.6 is 27.7 Å². The standard InChI is InChI=1S/C11H9BrN2S/c12-8-4-1-2-6-10(8)15-11-9(13)5-3-7-14-11/h1-7H,13H2. The van der Waals surface area contributed by atoms with E-state index in [1.54, 1.807) is 18.0 Å². The Balaban J connectivity index is 2.30. The van der Waals surface area contributed by atoms with Gasteiger partial charge in [0.1, 0.15) is 5.03 Å². The molecule has 2 aromatic rings. The van der Waals surface area contributed by atoms with Gasteiger partial charge in [-0.15, -0.1) is 0 Å². The molecule has 4 heteroatoms. The molecule has 0 amide bonds. The third-order valence-corrected chi connectivity index (χ3v) is 3.91. The molecule has 1 aromatic carbocycles. The zero-order valence-electron chi connectivity index (χ0n) is 7.85. The highest BCUT2D eigenvalue weighted by Crippen LogP contribution is 2.34. The lowest BCUT2D eigenvalue weighted by Crippen LogP contribution is -1.90. The second kappa shape index (κ2) is 4.68. The van der Waals surface area contributed by atoms with Gasteiger partial charge in [-0.3, -0.25) is 0 Å². The van der Waals surface area contributed by atoms with Crippen molar-refractivity contribution >= 4 is 33.4 Å². The van der Waals surface area contributed by atoms with E-state index in [9.17, 15) is 0 Å². The number of halogens is 1. The Morgan fingerprint density at radius 1 is 1.13 bits per heavy atom. The molecule has 0 bridgehead atoms. The predicted molar refractivity (Wildman–Crippen MR) is 66.9 cm³/mol. The number of nitrogens with two attached hydrogens (primary N) is 1. The SMILES string of the molecule is Nc1cccnc1Sc1ccccc1Br. The highest BCUT2D eigenvalue weighted by atomic mass is 79.9. The van der Waals surface area contributed by atoms with Gasteiger partial charge in [-0.05, 0) is 40.2 Å². The topological polar surface area (TPSA) is 38.9 Å². The van der Waals surface area contributed by atoms with Crippen LogP contribution in [0.25, 0.3) is 0 Å². The fourth-order valence-electron chi connectivity index (χ4n) is 1.12. The lowest BCUT2D eigenvalue weighted by atomic mass is 10.4. The minimum Gasteiger partial charge on any atom is -0.397 e. The molecule has 0 spiro atoms. The summed E-state index contributed by atoms with van der Waals surface area (Å²) in [5.41, 5.74) is 6.53. The third-order valence-electron chi connectivity index (χ3n) is 1.84. The highest BCUT2D eigenvalue weighted by Gasteiger charge is 2.04. The third kappa shape index (κ3) is 2.52. The predicted octanol–water partition coefficient (Wildman–Crippen LogP) is 3.58. The molecule has 0 unspecified atom stereocenters. The Morgan fingerprint density at radius 3 is 2.67 bits per heavy atom. The molecule has 0 fully saturated rings. The maximum absolute atomic E-state index is 5.82. The summed E-state index contributed by atoms with van der Waals surface area (Å²) >= 11 is 5.05. The highest BCUT2D eigenvalue weighted by molar-refractivity contribution is 9.10. The van der Waals surface area contributed by atoms with Crippen molar-refractivity contribution in [3.63, 3.8) is 0 Å². The molecule has 1 heterocycles. The molecule has 0 saturated carbocycles. The normalized spacial score (nSPS) is 10.2. The maximum atomic E-state index is 5.82. The van der Waals surface area contributed by atoms with Crippen molar-refractivity contribution in [2.75, 3.05) is 5.73 Å².